The van der Waals surface area contributed by atoms with Gasteiger partial charge in [0.1, 0.15) is 6.10 Å². The fourth-order valence-corrected chi connectivity index (χ4v) is 0.796. The standard InChI is InChI=1S/C8H8F2O/c9-8(10)7(11)6-4-2-1-3-5-6/h1-5,7-8,11H/t7-/m0/s1. The van der Waals surface area contributed by atoms with Crippen molar-refractivity contribution in [2.24, 2.45) is 0 Å². The summed E-state index contributed by atoms with van der Waals surface area (Å²) in [5, 5.41) is 8.85. The van der Waals surface area contributed by atoms with Crippen molar-refractivity contribution in [1.29, 1.82) is 0 Å². The molecule has 1 nitrogen and oxygen atoms in total. The van der Waals surface area contributed by atoms with E-state index in [1.54, 1.807) is 18.2 Å². The van der Waals surface area contributed by atoms with Gasteiger partial charge in [0.05, 0.1) is 0 Å². The van der Waals surface area contributed by atoms with Gasteiger partial charge in [-0.15, -0.1) is 0 Å². The van der Waals surface area contributed by atoms with Crippen LogP contribution in [0.2, 0.25) is 0 Å². The van der Waals surface area contributed by atoms with Crippen LogP contribution in [0.3, 0.4) is 0 Å². The molecule has 60 valence electrons. The Morgan fingerprint density at radius 1 is 1.09 bits per heavy atom. The molecule has 0 aliphatic rings. The van der Waals surface area contributed by atoms with Gasteiger partial charge in [0.25, 0.3) is 6.43 Å². The summed E-state index contributed by atoms with van der Waals surface area (Å²) in [6.07, 6.45) is -4.37. The van der Waals surface area contributed by atoms with E-state index in [1.165, 1.54) is 12.1 Å². The van der Waals surface area contributed by atoms with Crippen molar-refractivity contribution < 1.29 is 13.9 Å². The highest BCUT2D eigenvalue weighted by molar-refractivity contribution is 5.17. The van der Waals surface area contributed by atoms with Crippen LogP contribution in [0.4, 0.5) is 8.78 Å². The van der Waals surface area contributed by atoms with E-state index in [2.05, 4.69) is 0 Å². The van der Waals surface area contributed by atoms with E-state index < -0.39 is 12.5 Å². The molecule has 0 aromatic heterocycles. The zero-order valence-electron chi connectivity index (χ0n) is 5.74. The van der Waals surface area contributed by atoms with E-state index in [0.29, 0.717) is 0 Å². The summed E-state index contributed by atoms with van der Waals surface area (Å²) in [6.45, 7) is 0. The Morgan fingerprint density at radius 3 is 2.09 bits per heavy atom. The Morgan fingerprint density at radius 2 is 1.64 bits per heavy atom. The molecule has 1 atom stereocenters. The third-order valence-electron chi connectivity index (χ3n) is 1.38. The first-order chi connectivity index (χ1) is 5.22. The third kappa shape index (κ3) is 1.98. The Kier molecular flexibility index (Phi) is 2.54. The predicted octanol–water partition coefficient (Wildman–Crippen LogP) is 1.99. The molecule has 0 fully saturated rings. The molecule has 0 spiro atoms. The van der Waals surface area contributed by atoms with Crippen LogP contribution in [0, 0.1) is 0 Å². The lowest BCUT2D eigenvalue weighted by molar-refractivity contribution is -0.00577. The summed E-state index contributed by atoms with van der Waals surface area (Å²) in [5.74, 6) is 0. The first-order valence-corrected chi connectivity index (χ1v) is 3.23. The largest absolute Gasteiger partial charge is 0.382 e. The summed E-state index contributed by atoms with van der Waals surface area (Å²) >= 11 is 0. The van der Waals surface area contributed by atoms with Gasteiger partial charge in [-0.05, 0) is 5.56 Å². The van der Waals surface area contributed by atoms with Crippen molar-refractivity contribution in [3.8, 4) is 0 Å². The monoisotopic (exact) mass is 158 g/mol. The van der Waals surface area contributed by atoms with E-state index in [4.69, 9.17) is 5.11 Å². The number of hydrogen-bond donors (Lipinski definition) is 1. The van der Waals surface area contributed by atoms with Crippen molar-refractivity contribution in [2.75, 3.05) is 0 Å². The SMILES string of the molecule is O[C@@H](c1ccccc1)C(F)F. The van der Waals surface area contributed by atoms with Gasteiger partial charge >= 0.3 is 0 Å². The first kappa shape index (κ1) is 8.14. The number of aliphatic hydroxyl groups excluding tert-OH is 1. The topological polar surface area (TPSA) is 20.2 Å². The third-order valence-corrected chi connectivity index (χ3v) is 1.38. The summed E-state index contributed by atoms with van der Waals surface area (Å²) in [7, 11) is 0. The fourth-order valence-electron chi connectivity index (χ4n) is 0.796. The van der Waals surface area contributed by atoms with Gasteiger partial charge in [-0.3, -0.25) is 0 Å². The van der Waals surface area contributed by atoms with Gasteiger partial charge in [0.2, 0.25) is 0 Å². The van der Waals surface area contributed by atoms with Crippen LogP contribution in [0.5, 0.6) is 0 Å². The molecule has 0 unspecified atom stereocenters. The quantitative estimate of drug-likeness (QED) is 0.697. The molecule has 0 saturated heterocycles. The summed E-state index contributed by atoms with van der Waals surface area (Å²) in [5.41, 5.74) is 0.252. The number of halogens is 2. The minimum Gasteiger partial charge on any atom is -0.382 e. The number of hydrogen-bond acceptors (Lipinski definition) is 1. The van der Waals surface area contributed by atoms with Gasteiger partial charge in [-0.1, -0.05) is 30.3 Å². The second-order valence-corrected chi connectivity index (χ2v) is 2.19. The molecule has 0 saturated carbocycles. The van der Waals surface area contributed by atoms with Crippen LogP contribution in [0.1, 0.15) is 11.7 Å². The molecule has 11 heavy (non-hydrogen) atoms. The number of aliphatic hydroxyl groups is 1. The molecule has 1 rings (SSSR count). The lowest BCUT2D eigenvalue weighted by Gasteiger charge is -2.08. The van der Waals surface area contributed by atoms with E-state index in [-0.39, 0.29) is 5.56 Å². The zero-order chi connectivity index (χ0) is 8.27. The molecule has 0 aliphatic carbocycles. The smallest absolute Gasteiger partial charge is 0.268 e. The lowest BCUT2D eigenvalue weighted by Crippen LogP contribution is -2.07. The second kappa shape index (κ2) is 3.44. The molecule has 0 heterocycles. The number of benzene rings is 1. The van der Waals surface area contributed by atoms with Crippen LogP contribution in [0.25, 0.3) is 0 Å². The molecular weight excluding hydrogens is 150 g/mol. The molecule has 1 N–H and O–H groups in total. The maximum Gasteiger partial charge on any atom is 0.268 e. The lowest BCUT2D eigenvalue weighted by atomic mass is 10.1. The maximum absolute atomic E-state index is 11.9. The molecule has 0 bridgehead atoms. The Hall–Kier alpha value is -0.960. The van der Waals surface area contributed by atoms with Crippen LogP contribution < -0.4 is 0 Å². The Bertz CT molecular complexity index is 211. The highest BCUT2D eigenvalue weighted by atomic mass is 19.3. The highest BCUT2D eigenvalue weighted by Crippen LogP contribution is 2.18. The van der Waals surface area contributed by atoms with Gasteiger partial charge in [0.15, 0.2) is 0 Å². The minimum absolute atomic E-state index is 0.252. The summed E-state index contributed by atoms with van der Waals surface area (Å²) in [4.78, 5) is 0. The van der Waals surface area contributed by atoms with Crippen molar-refractivity contribution >= 4 is 0 Å². The maximum atomic E-state index is 11.9. The molecule has 1 aromatic carbocycles. The van der Waals surface area contributed by atoms with E-state index >= 15 is 0 Å². The molecule has 1 aromatic rings. The van der Waals surface area contributed by atoms with E-state index in [9.17, 15) is 8.78 Å². The van der Waals surface area contributed by atoms with Crippen molar-refractivity contribution in [3.05, 3.63) is 35.9 Å². The second-order valence-electron chi connectivity index (χ2n) is 2.19. The minimum atomic E-state index is -2.71. The fraction of sp³-hybridized carbons (Fsp3) is 0.250. The van der Waals surface area contributed by atoms with Gasteiger partial charge in [0, 0.05) is 0 Å². The Labute approximate surface area is 63.3 Å². The highest BCUT2D eigenvalue weighted by Gasteiger charge is 2.17. The normalized spacial score (nSPS) is 13.5. The Balaban J connectivity index is 2.77. The predicted molar refractivity (Wildman–Crippen MR) is 37.4 cm³/mol. The molecule has 3 heteroatoms. The van der Waals surface area contributed by atoms with Crippen LogP contribution in [-0.4, -0.2) is 11.5 Å². The van der Waals surface area contributed by atoms with Gasteiger partial charge in [-0.25, -0.2) is 8.78 Å². The zero-order valence-corrected chi connectivity index (χ0v) is 5.74. The van der Waals surface area contributed by atoms with Crippen LogP contribution >= 0.6 is 0 Å². The van der Waals surface area contributed by atoms with Crippen LogP contribution in [0.15, 0.2) is 30.3 Å². The number of rotatable bonds is 2. The average Bonchev–Trinajstić information content (AvgIpc) is 2.05. The van der Waals surface area contributed by atoms with Gasteiger partial charge in [-0.2, -0.15) is 0 Å². The van der Waals surface area contributed by atoms with Crippen molar-refractivity contribution in [1.82, 2.24) is 0 Å². The first-order valence-electron chi connectivity index (χ1n) is 3.23. The van der Waals surface area contributed by atoms with Crippen LogP contribution in [-0.2, 0) is 0 Å². The number of alkyl halides is 2. The van der Waals surface area contributed by atoms with Crippen molar-refractivity contribution in [3.63, 3.8) is 0 Å². The van der Waals surface area contributed by atoms with E-state index in [1.807, 2.05) is 0 Å². The molecule has 0 aliphatic heterocycles. The van der Waals surface area contributed by atoms with E-state index in [0.717, 1.165) is 0 Å². The van der Waals surface area contributed by atoms with Gasteiger partial charge < -0.3 is 5.11 Å². The molecular formula is C8H8F2O. The molecule has 0 amide bonds. The molecule has 0 radical (unpaired) electrons. The van der Waals surface area contributed by atoms with Crippen molar-refractivity contribution in [2.45, 2.75) is 12.5 Å². The average molecular weight is 158 g/mol. The summed E-state index contributed by atoms with van der Waals surface area (Å²) < 4.78 is 23.7. The summed E-state index contributed by atoms with van der Waals surface area (Å²) in [6, 6.07) is 7.87.